The quantitative estimate of drug-likeness (QED) is 0.863. The fraction of sp³-hybridized carbons (Fsp3) is 0.562. The molecule has 1 aromatic carbocycles. The van der Waals surface area contributed by atoms with Crippen molar-refractivity contribution in [2.45, 2.75) is 20.3 Å². The van der Waals surface area contributed by atoms with E-state index >= 15 is 0 Å². The first-order valence-electron chi connectivity index (χ1n) is 7.23. The van der Waals surface area contributed by atoms with Gasteiger partial charge >= 0.3 is 0 Å². The summed E-state index contributed by atoms with van der Waals surface area (Å²) in [5.41, 5.74) is 3.20. The van der Waals surface area contributed by atoms with E-state index in [-0.39, 0.29) is 18.3 Å². The van der Waals surface area contributed by atoms with Gasteiger partial charge in [-0.15, -0.1) is 12.4 Å². The zero-order valence-corrected chi connectivity index (χ0v) is 13.0. The molecule has 0 bridgehead atoms. The first-order valence-corrected chi connectivity index (χ1v) is 7.23. The molecule has 1 amide bonds. The van der Waals surface area contributed by atoms with Gasteiger partial charge in [-0.25, -0.2) is 0 Å². The van der Waals surface area contributed by atoms with Crippen LogP contribution in [0.3, 0.4) is 0 Å². The largest absolute Gasteiger partial charge is 0.338 e. The number of halogens is 1. The molecule has 0 saturated carbocycles. The summed E-state index contributed by atoms with van der Waals surface area (Å²) >= 11 is 0. The van der Waals surface area contributed by atoms with Gasteiger partial charge in [-0.05, 0) is 62.4 Å². The Morgan fingerprint density at radius 2 is 2.00 bits per heavy atom. The molecule has 3 nitrogen and oxygen atoms in total. The predicted octanol–water partition coefficient (Wildman–Crippen LogP) is 2.41. The Balaban J connectivity index is 0.00000147. The molecule has 2 heterocycles. The lowest BCUT2D eigenvalue weighted by molar-refractivity contribution is 0.0641. The zero-order chi connectivity index (χ0) is 13.4. The highest BCUT2D eigenvalue weighted by molar-refractivity contribution is 5.96. The number of aryl methyl sites for hydroxylation is 1. The Morgan fingerprint density at radius 3 is 2.80 bits per heavy atom. The fourth-order valence-electron chi connectivity index (χ4n) is 3.37. The van der Waals surface area contributed by atoms with Gasteiger partial charge in [0, 0.05) is 18.7 Å². The molecule has 2 unspecified atom stereocenters. The maximum Gasteiger partial charge on any atom is 0.254 e. The molecule has 0 radical (unpaired) electrons. The molecule has 20 heavy (non-hydrogen) atoms. The standard InChI is InChI=1S/C16H22N2O.ClH/c1-11-4-3-5-15(12(11)2)16(19)18-7-6-13-8-17-9-14(13)10-18;/h3-5,13-14,17H,6-10H2,1-2H3;1H. The smallest absolute Gasteiger partial charge is 0.254 e. The van der Waals surface area contributed by atoms with Crippen molar-refractivity contribution in [1.82, 2.24) is 10.2 Å². The molecule has 2 aliphatic rings. The number of hydrogen-bond acceptors (Lipinski definition) is 2. The lowest BCUT2D eigenvalue weighted by Gasteiger charge is -2.34. The number of benzene rings is 1. The minimum atomic E-state index is 0. The van der Waals surface area contributed by atoms with Crippen LogP contribution in [0.4, 0.5) is 0 Å². The summed E-state index contributed by atoms with van der Waals surface area (Å²) in [7, 11) is 0. The molecule has 1 aromatic rings. The van der Waals surface area contributed by atoms with E-state index in [9.17, 15) is 4.79 Å². The van der Waals surface area contributed by atoms with Crippen LogP contribution in [0.25, 0.3) is 0 Å². The number of piperidine rings is 1. The van der Waals surface area contributed by atoms with E-state index in [1.165, 1.54) is 5.56 Å². The van der Waals surface area contributed by atoms with Crippen molar-refractivity contribution in [3.8, 4) is 0 Å². The van der Waals surface area contributed by atoms with Gasteiger partial charge in [0.1, 0.15) is 0 Å². The molecule has 0 aliphatic carbocycles. The van der Waals surface area contributed by atoms with E-state index in [1.54, 1.807) is 0 Å². The van der Waals surface area contributed by atoms with Gasteiger partial charge in [-0.3, -0.25) is 4.79 Å². The lowest BCUT2D eigenvalue weighted by atomic mass is 9.88. The van der Waals surface area contributed by atoms with E-state index in [2.05, 4.69) is 23.2 Å². The second kappa shape index (κ2) is 6.15. The summed E-state index contributed by atoms with van der Waals surface area (Å²) in [5, 5.41) is 3.45. The second-order valence-electron chi connectivity index (χ2n) is 5.97. The van der Waals surface area contributed by atoms with Crippen molar-refractivity contribution in [1.29, 1.82) is 0 Å². The number of carbonyl (C=O) groups excluding carboxylic acids is 1. The molecular weight excluding hydrogens is 272 g/mol. The number of carbonyl (C=O) groups is 1. The average molecular weight is 295 g/mol. The van der Waals surface area contributed by atoms with Gasteiger partial charge in [0.15, 0.2) is 0 Å². The van der Waals surface area contributed by atoms with E-state index in [4.69, 9.17) is 0 Å². The van der Waals surface area contributed by atoms with Crippen molar-refractivity contribution < 1.29 is 4.79 Å². The van der Waals surface area contributed by atoms with E-state index < -0.39 is 0 Å². The van der Waals surface area contributed by atoms with Crippen LogP contribution in [-0.2, 0) is 0 Å². The van der Waals surface area contributed by atoms with Crippen LogP contribution >= 0.6 is 12.4 Å². The van der Waals surface area contributed by atoms with Crippen LogP contribution in [0.15, 0.2) is 18.2 Å². The second-order valence-corrected chi connectivity index (χ2v) is 5.97. The van der Waals surface area contributed by atoms with Crippen LogP contribution in [0.1, 0.15) is 27.9 Å². The molecule has 2 saturated heterocycles. The minimum Gasteiger partial charge on any atom is -0.338 e. The normalized spacial score (nSPS) is 25.0. The van der Waals surface area contributed by atoms with Crippen LogP contribution in [-0.4, -0.2) is 37.0 Å². The van der Waals surface area contributed by atoms with Gasteiger partial charge in [0.05, 0.1) is 0 Å². The maximum absolute atomic E-state index is 12.7. The predicted molar refractivity (Wildman–Crippen MR) is 83.5 cm³/mol. The fourth-order valence-corrected chi connectivity index (χ4v) is 3.37. The van der Waals surface area contributed by atoms with Crippen molar-refractivity contribution in [3.05, 3.63) is 34.9 Å². The summed E-state index contributed by atoms with van der Waals surface area (Å²) in [4.78, 5) is 14.7. The van der Waals surface area contributed by atoms with Crippen LogP contribution in [0.2, 0.25) is 0 Å². The third-order valence-electron chi connectivity index (χ3n) is 4.83. The Morgan fingerprint density at radius 1 is 1.25 bits per heavy atom. The first kappa shape index (κ1) is 15.3. The van der Waals surface area contributed by atoms with E-state index in [0.717, 1.165) is 49.6 Å². The van der Waals surface area contributed by atoms with Gasteiger partial charge in [-0.1, -0.05) is 12.1 Å². The van der Waals surface area contributed by atoms with Crippen LogP contribution in [0, 0.1) is 25.7 Å². The van der Waals surface area contributed by atoms with Gasteiger partial charge in [0.2, 0.25) is 0 Å². The number of nitrogens with zero attached hydrogens (tertiary/aromatic N) is 1. The number of fused-ring (bicyclic) bond motifs is 1. The number of rotatable bonds is 1. The summed E-state index contributed by atoms with van der Waals surface area (Å²) in [5.74, 6) is 1.65. The highest BCUT2D eigenvalue weighted by Gasteiger charge is 2.34. The first-order chi connectivity index (χ1) is 9.16. The van der Waals surface area contributed by atoms with Gasteiger partial charge in [0.25, 0.3) is 5.91 Å². The third-order valence-corrected chi connectivity index (χ3v) is 4.83. The summed E-state index contributed by atoms with van der Waals surface area (Å²) in [6, 6.07) is 6.02. The molecule has 2 fully saturated rings. The van der Waals surface area contributed by atoms with Gasteiger partial charge < -0.3 is 10.2 Å². The molecular formula is C16H23ClN2O. The number of amides is 1. The van der Waals surface area contributed by atoms with Crippen molar-refractivity contribution in [2.24, 2.45) is 11.8 Å². The number of hydrogen-bond donors (Lipinski definition) is 1. The molecule has 2 aliphatic heterocycles. The zero-order valence-electron chi connectivity index (χ0n) is 12.2. The Labute approximate surface area is 127 Å². The highest BCUT2D eigenvalue weighted by atomic mass is 35.5. The van der Waals surface area contributed by atoms with Crippen molar-refractivity contribution >= 4 is 18.3 Å². The van der Waals surface area contributed by atoms with Crippen LogP contribution in [0.5, 0.6) is 0 Å². The van der Waals surface area contributed by atoms with E-state index in [1.807, 2.05) is 19.1 Å². The molecule has 110 valence electrons. The molecule has 4 heteroatoms. The molecule has 0 aromatic heterocycles. The third kappa shape index (κ3) is 2.70. The minimum absolute atomic E-state index is 0. The summed E-state index contributed by atoms with van der Waals surface area (Å²) < 4.78 is 0. The molecule has 2 atom stereocenters. The Hall–Kier alpha value is -1.06. The number of nitrogens with one attached hydrogen (secondary N) is 1. The van der Waals surface area contributed by atoms with E-state index in [0.29, 0.717) is 5.92 Å². The lowest BCUT2D eigenvalue weighted by Crippen LogP contribution is -2.43. The van der Waals surface area contributed by atoms with Gasteiger partial charge in [-0.2, -0.15) is 0 Å². The average Bonchev–Trinajstić information content (AvgIpc) is 2.88. The molecule has 1 N–H and O–H groups in total. The Kier molecular flexibility index (Phi) is 4.71. The highest BCUT2D eigenvalue weighted by Crippen LogP contribution is 2.28. The van der Waals surface area contributed by atoms with Crippen molar-refractivity contribution in [3.63, 3.8) is 0 Å². The molecule has 3 rings (SSSR count). The SMILES string of the molecule is Cc1cccc(C(=O)N2CCC3CNCC3C2)c1C.Cl. The van der Waals surface area contributed by atoms with Crippen molar-refractivity contribution in [2.75, 3.05) is 26.2 Å². The molecule has 0 spiro atoms. The Bertz CT molecular complexity index is 503. The topological polar surface area (TPSA) is 32.3 Å². The summed E-state index contributed by atoms with van der Waals surface area (Å²) in [6.45, 7) is 8.15. The number of likely N-dealkylation sites (tertiary alicyclic amines) is 1. The summed E-state index contributed by atoms with van der Waals surface area (Å²) in [6.07, 6.45) is 1.15. The monoisotopic (exact) mass is 294 g/mol. The maximum atomic E-state index is 12.7. The van der Waals surface area contributed by atoms with Crippen LogP contribution < -0.4 is 5.32 Å².